The number of amides is 1. The van der Waals surface area contributed by atoms with Crippen LogP contribution in [0, 0.1) is 5.82 Å². The maximum Gasteiger partial charge on any atom is 0.252 e. The fourth-order valence-electron chi connectivity index (χ4n) is 1.68. The highest BCUT2D eigenvalue weighted by Crippen LogP contribution is 2.25. The summed E-state index contributed by atoms with van der Waals surface area (Å²) in [6.45, 7) is 0.0147. The molecule has 0 atom stereocenters. The van der Waals surface area contributed by atoms with E-state index in [1.807, 2.05) is 0 Å². The number of benzene rings is 2. The summed E-state index contributed by atoms with van der Waals surface area (Å²) in [6, 6.07) is 8.94. The molecule has 0 unspecified atom stereocenters. The molecule has 0 saturated carbocycles. The molecule has 0 fully saturated rings. The second-order valence-corrected chi connectivity index (χ2v) is 4.50. The Hall–Kier alpha value is -2.27. The molecule has 0 aliphatic rings. The molecule has 4 nitrogen and oxygen atoms in total. The van der Waals surface area contributed by atoms with Crippen LogP contribution in [-0.4, -0.2) is 5.91 Å². The van der Waals surface area contributed by atoms with Crippen molar-refractivity contribution >= 4 is 23.2 Å². The molecule has 0 aliphatic carbocycles. The molecule has 0 spiro atoms. The van der Waals surface area contributed by atoms with E-state index in [2.05, 4.69) is 0 Å². The van der Waals surface area contributed by atoms with E-state index in [4.69, 9.17) is 27.8 Å². The molecular formula is C14H12ClFN2O2. The number of carbonyl (C=O) groups is 1. The van der Waals surface area contributed by atoms with Gasteiger partial charge in [-0.05, 0) is 24.3 Å². The third kappa shape index (κ3) is 3.00. The lowest BCUT2D eigenvalue weighted by Crippen LogP contribution is -2.13. The third-order valence-electron chi connectivity index (χ3n) is 2.68. The monoisotopic (exact) mass is 294 g/mol. The first kappa shape index (κ1) is 14.1. The molecule has 4 N–H and O–H groups in total. The highest BCUT2D eigenvalue weighted by molar-refractivity contribution is 6.31. The van der Waals surface area contributed by atoms with Crippen molar-refractivity contribution in [1.29, 1.82) is 0 Å². The Labute approximate surface area is 120 Å². The summed E-state index contributed by atoms with van der Waals surface area (Å²) >= 11 is 5.82. The van der Waals surface area contributed by atoms with Crippen molar-refractivity contribution in [2.24, 2.45) is 5.73 Å². The number of hydrogen-bond acceptors (Lipinski definition) is 3. The van der Waals surface area contributed by atoms with E-state index in [0.717, 1.165) is 0 Å². The lowest BCUT2D eigenvalue weighted by atomic mass is 10.1. The third-order valence-corrected chi connectivity index (χ3v) is 3.11. The van der Waals surface area contributed by atoms with E-state index >= 15 is 0 Å². The van der Waals surface area contributed by atoms with E-state index in [0.29, 0.717) is 11.3 Å². The van der Waals surface area contributed by atoms with Crippen molar-refractivity contribution < 1.29 is 13.9 Å². The minimum atomic E-state index is -0.655. The van der Waals surface area contributed by atoms with Crippen LogP contribution in [-0.2, 0) is 6.61 Å². The standard InChI is InChI=1S/C14H12ClFN2O2/c15-13-8(2-1-3-11(13)16)7-20-12-5-4-9(17)6-10(12)14(18)19/h1-6H,7,17H2,(H2,18,19). The van der Waals surface area contributed by atoms with Gasteiger partial charge in [0.1, 0.15) is 18.2 Å². The van der Waals surface area contributed by atoms with Crippen LogP contribution in [0.1, 0.15) is 15.9 Å². The quantitative estimate of drug-likeness (QED) is 0.851. The van der Waals surface area contributed by atoms with Crippen LogP contribution in [0.25, 0.3) is 0 Å². The Morgan fingerprint density at radius 3 is 2.75 bits per heavy atom. The van der Waals surface area contributed by atoms with Gasteiger partial charge >= 0.3 is 0 Å². The maximum atomic E-state index is 13.3. The fourth-order valence-corrected chi connectivity index (χ4v) is 1.86. The van der Waals surface area contributed by atoms with Crippen LogP contribution in [0.3, 0.4) is 0 Å². The van der Waals surface area contributed by atoms with Crippen LogP contribution in [0.4, 0.5) is 10.1 Å². The first-order valence-electron chi connectivity index (χ1n) is 5.74. The molecule has 0 bridgehead atoms. The van der Waals surface area contributed by atoms with Crippen molar-refractivity contribution in [3.63, 3.8) is 0 Å². The molecule has 0 aliphatic heterocycles. The predicted molar refractivity (Wildman–Crippen MR) is 75.1 cm³/mol. The van der Waals surface area contributed by atoms with Crippen molar-refractivity contribution in [3.8, 4) is 5.75 Å². The maximum absolute atomic E-state index is 13.3. The lowest BCUT2D eigenvalue weighted by Gasteiger charge is -2.11. The molecule has 20 heavy (non-hydrogen) atoms. The fraction of sp³-hybridized carbons (Fsp3) is 0.0714. The first-order chi connectivity index (χ1) is 9.49. The van der Waals surface area contributed by atoms with E-state index in [1.54, 1.807) is 12.1 Å². The zero-order valence-electron chi connectivity index (χ0n) is 10.4. The smallest absolute Gasteiger partial charge is 0.252 e. The summed E-state index contributed by atoms with van der Waals surface area (Å²) in [7, 11) is 0. The SMILES string of the molecule is NC(=O)c1cc(N)ccc1OCc1cccc(F)c1Cl. The number of rotatable bonds is 4. The van der Waals surface area contributed by atoms with Crippen LogP contribution < -0.4 is 16.2 Å². The second kappa shape index (κ2) is 5.79. The molecule has 6 heteroatoms. The molecule has 104 valence electrons. The van der Waals surface area contributed by atoms with Crippen molar-refractivity contribution in [1.82, 2.24) is 0 Å². The average Bonchev–Trinajstić information content (AvgIpc) is 2.41. The van der Waals surface area contributed by atoms with Gasteiger partial charge in [0.2, 0.25) is 0 Å². The largest absolute Gasteiger partial charge is 0.488 e. The van der Waals surface area contributed by atoms with Crippen LogP contribution in [0.5, 0.6) is 5.75 Å². The molecule has 1 amide bonds. The molecule has 0 saturated heterocycles. The van der Waals surface area contributed by atoms with Crippen molar-refractivity contribution in [2.75, 3.05) is 5.73 Å². The van der Waals surface area contributed by atoms with Crippen LogP contribution in [0.2, 0.25) is 5.02 Å². The van der Waals surface area contributed by atoms with Gasteiger partial charge in [-0.3, -0.25) is 4.79 Å². The minimum absolute atomic E-state index is 0.0106. The first-order valence-corrected chi connectivity index (χ1v) is 6.12. The summed E-state index contributed by atoms with van der Waals surface area (Å²) in [5.74, 6) is -0.912. The molecule has 2 aromatic carbocycles. The average molecular weight is 295 g/mol. The highest BCUT2D eigenvalue weighted by Gasteiger charge is 2.12. The number of hydrogen-bond donors (Lipinski definition) is 2. The molecule has 0 radical (unpaired) electrons. The topological polar surface area (TPSA) is 78.3 Å². The van der Waals surface area contributed by atoms with Gasteiger partial charge in [0.05, 0.1) is 10.6 Å². The molecular weight excluding hydrogens is 283 g/mol. The Balaban J connectivity index is 2.23. The Kier molecular flexibility index (Phi) is 4.10. The Morgan fingerprint density at radius 2 is 2.05 bits per heavy atom. The molecule has 0 heterocycles. The van der Waals surface area contributed by atoms with E-state index in [1.165, 1.54) is 24.3 Å². The van der Waals surface area contributed by atoms with Gasteiger partial charge in [0.15, 0.2) is 0 Å². The van der Waals surface area contributed by atoms with Gasteiger partial charge in [-0.2, -0.15) is 0 Å². The van der Waals surface area contributed by atoms with Gasteiger partial charge in [0.25, 0.3) is 5.91 Å². The van der Waals surface area contributed by atoms with E-state index < -0.39 is 11.7 Å². The van der Waals surface area contributed by atoms with Crippen molar-refractivity contribution in [3.05, 3.63) is 58.4 Å². The van der Waals surface area contributed by atoms with Gasteiger partial charge in [-0.1, -0.05) is 23.7 Å². The molecule has 0 aromatic heterocycles. The number of primary amides is 1. The number of halogens is 2. The normalized spacial score (nSPS) is 10.3. The number of nitrogen functional groups attached to an aromatic ring is 1. The van der Waals surface area contributed by atoms with E-state index in [-0.39, 0.29) is 22.9 Å². The van der Waals surface area contributed by atoms with Gasteiger partial charge in [-0.15, -0.1) is 0 Å². The summed E-state index contributed by atoms with van der Waals surface area (Å²) in [5.41, 5.74) is 11.9. The molecule has 2 aromatic rings. The number of anilines is 1. The Bertz CT molecular complexity index is 662. The summed E-state index contributed by atoms with van der Waals surface area (Å²) in [4.78, 5) is 11.3. The summed E-state index contributed by atoms with van der Waals surface area (Å²) in [6.07, 6.45) is 0. The van der Waals surface area contributed by atoms with E-state index in [9.17, 15) is 9.18 Å². The van der Waals surface area contributed by atoms with Gasteiger partial charge in [-0.25, -0.2) is 4.39 Å². The summed E-state index contributed by atoms with van der Waals surface area (Å²) in [5, 5.41) is -0.0106. The number of ether oxygens (including phenoxy) is 1. The van der Waals surface area contributed by atoms with Crippen molar-refractivity contribution in [2.45, 2.75) is 6.61 Å². The van der Waals surface area contributed by atoms with Gasteiger partial charge < -0.3 is 16.2 Å². The Morgan fingerprint density at radius 1 is 1.30 bits per heavy atom. The van der Waals surface area contributed by atoms with Crippen LogP contribution in [0.15, 0.2) is 36.4 Å². The highest BCUT2D eigenvalue weighted by atomic mass is 35.5. The lowest BCUT2D eigenvalue weighted by molar-refractivity contribution is 0.0996. The minimum Gasteiger partial charge on any atom is -0.488 e. The zero-order chi connectivity index (χ0) is 14.7. The van der Waals surface area contributed by atoms with Gasteiger partial charge in [0, 0.05) is 11.3 Å². The molecule has 2 rings (SSSR count). The summed E-state index contributed by atoms with van der Waals surface area (Å²) < 4.78 is 18.8. The predicted octanol–water partition coefficient (Wildman–Crippen LogP) is 2.74. The number of nitrogens with two attached hydrogens (primary N) is 2. The van der Waals surface area contributed by atoms with Crippen LogP contribution >= 0.6 is 11.6 Å². The number of carbonyl (C=O) groups excluding carboxylic acids is 1. The zero-order valence-corrected chi connectivity index (χ0v) is 11.2. The second-order valence-electron chi connectivity index (χ2n) is 4.12.